The highest BCUT2D eigenvalue weighted by Gasteiger charge is 2.49. The van der Waals surface area contributed by atoms with Gasteiger partial charge in [-0.3, -0.25) is 9.69 Å². The van der Waals surface area contributed by atoms with Crippen molar-refractivity contribution in [2.24, 2.45) is 5.41 Å². The Hall–Kier alpha value is -1.30. The molecule has 5 nitrogen and oxygen atoms in total. The molecule has 0 aliphatic carbocycles. The molecule has 3 aliphatic rings. The van der Waals surface area contributed by atoms with Crippen LogP contribution in [0.1, 0.15) is 25.7 Å². The Morgan fingerprint density at radius 1 is 1.19 bits per heavy atom. The van der Waals surface area contributed by atoms with E-state index in [0.717, 1.165) is 76.5 Å². The van der Waals surface area contributed by atoms with E-state index in [1.54, 1.807) is 0 Å². The molecular formula is C20H28ClN3O2. The third-order valence-electron chi connectivity index (χ3n) is 6.20. The number of ether oxygens (including phenoxy) is 1. The predicted octanol–water partition coefficient (Wildman–Crippen LogP) is 2.54. The Morgan fingerprint density at radius 2 is 1.96 bits per heavy atom. The highest BCUT2D eigenvalue weighted by Crippen LogP contribution is 2.42. The molecule has 0 unspecified atom stereocenters. The zero-order valence-corrected chi connectivity index (χ0v) is 16.0. The number of anilines is 1. The Kier molecular flexibility index (Phi) is 5.39. The number of cyclic esters (lactones) is 1. The van der Waals surface area contributed by atoms with Crippen LogP contribution in [0.5, 0.6) is 0 Å². The summed E-state index contributed by atoms with van der Waals surface area (Å²) < 4.78 is 5.73. The minimum atomic E-state index is -0.193. The molecule has 4 rings (SSSR count). The fourth-order valence-corrected chi connectivity index (χ4v) is 4.73. The molecule has 0 aromatic heterocycles. The summed E-state index contributed by atoms with van der Waals surface area (Å²) in [6.45, 7) is 7.00. The van der Waals surface area contributed by atoms with Crippen LogP contribution in [0.4, 0.5) is 5.69 Å². The molecule has 1 atom stereocenters. The Morgan fingerprint density at radius 3 is 2.69 bits per heavy atom. The number of hydrogen-bond acceptors (Lipinski definition) is 5. The van der Waals surface area contributed by atoms with Crippen molar-refractivity contribution < 1.29 is 9.53 Å². The van der Waals surface area contributed by atoms with Crippen molar-refractivity contribution in [1.82, 2.24) is 10.2 Å². The maximum atomic E-state index is 12.4. The van der Waals surface area contributed by atoms with Gasteiger partial charge in [0.2, 0.25) is 0 Å². The second-order valence-electron chi connectivity index (χ2n) is 7.86. The fraction of sp³-hybridized carbons (Fsp3) is 0.650. The van der Waals surface area contributed by atoms with Crippen LogP contribution in [0.15, 0.2) is 24.3 Å². The maximum absolute atomic E-state index is 12.4. The lowest BCUT2D eigenvalue weighted by molar-refractivity contribution is -0.150. The van der Waals surface area contributed by atoms with E-state index in [9.17, 15) is 4.79 Å². The molecule has 3 fully saturated rings. The van der Waals surface area contributed by atoms with Crippen LogP contribution in [0.2, 0.25) is 5.02 Å². The molecule has 26 heavy (non-hydrogen) atoms. The van der Waals surface area contributed by atoms with Crippen molar-refractivity contribution in [3.8, 4) is 0 Å². The topological polar surface area (TPSA) is 44.8 Å². The fourth-order valence-electron chi connectivity index (χ4n) is 4.54. The molecule has 0 saturated carbocycles. The van der Waals surface area contributed by atoms with Crippen molar-refractivity contribution in [2.75, 3.05) is 50.7 Å². The Bertz CT molecular complexity index is 640. The number of piperazine rings is 1. The van der Waals surface area contributed by atoms with E-state index >= 15 is 0 Å². The smallest absolute Gasteiger partial charge is 0.312 e. The number of nitrogens with zero attached hydrogens (tertiary/aromatic N) is 2. The van der Waals surface area contributed by atoms with Gasteiger partial charge in [-0.2, -0.15) is 0 Å². The van der Waals surface area contributed by atoms with Crippen LogP contribution in [0.25, 0.3) is 0 Å². The van der Waals surface area contributed by atoms with E-state index in [2.05, 4.69) is 21.2 Å². The molecule has 1 N–H and O–H groups in total. The second kappa shape index (κ2) is 7.75. The molecular weight excluding hydrogens is 350 g/mol. The van der Waals surface area contributed by atoms with Crippen LogP contribution in [0.3, 0.4) is 0 Å². The second-order valence-corrected chi connectivity index (χ2v) is 8.30. The van der Waals surface area contributed by atoms with Gasteiger partial charge in [-0.05, 0) is 50.6 Å². The van der Waals surface area contributed by atoms with Gasteiger partial charge in [-0.1, -0.05) is 17.7 Å². The van der Waals surface area contributed by atoms with E-state index < -0.39 is 0 Å². The zero-order valence-electron chi connectivity index (χ0n) is 15.3. The molecule has 6 heteroatoms. The number of esters is 1. The van der Waals surface area contributed by atoms with E-state index in [1.807, 2.05) is 18.2 Å². The minimum Gasteiger partial charge on any atom is -0.462 e. The average Bonchev–Trinajstić information content (AvgIpc) is 2.96. The Balaban J connectivity index is 1.24. The van der Waals surface area contributed by atoms with Crippen LogP contribution < -0.4 is 10.2 Å². The summed E-state index contributed by atoms with van der Waals surface area (Å²) in [4.78, 5) is 17.2. The van der Waals surface area contributed by atoms with Gasteiger partial charge >= 0.3 is 5.97 Å². The molecule has 0 bridgehead atoms. The number of carbonyl (C=O) groups excluding carboxylic acids is 1. The largest absolute Gasteiger partial charge is 0.462 e. The summed E-state index contributed by atoms with van der Waals surface area (Å²) >= 11 is 6.11. The summed E-state index contributed by atoms with van der Waals surface area (Å²) in [5, 5.41) is 4.14. The van der Waals surface area contributed by atoms with E-state index in [4.69, 9.17) is 16.3 Å². The van der Waals surface area contributed by atoms with Crippen molar-refractivity contribution in [1.29, 1.82) is 0 Å². The third kappa shape index (κ3) is 3.85. The summed E-state index contributed by atoms with van der Waals surface area (Å²) in [5.41, 5.74) is 1.01. The molecule has 142 valence electrons. The quantitative estimate of drug-likeness (QED) is 0.817. The summed E-state index contributed by atoms with van der Waals surface area (Å²) in [6.07, 6.45) is 3.83. The first-order valence-electron chi connectivity index (χ1n) is 9.79. The highest BCUT2D eigenvalue weighted by molar-refractivity contribution is 6.30. The lowest BCUT2D eigenvalue weighted by atomic mass is 9.76. The van der Waals surface area contributed by atoms with Gasteiger partial charge in [0.15, 0.2) is 0 Å². The van der Waals surface area contributed by atoms with Crippen LogP contribution in [-0.2, 0) is 9.53 Å². The van der Waals surface area contributed by atoms with E-state index in [-0.39, 0.29) is 17.5 Å². The van der Waals surface area contributed by atoms with Gasteiger partial charge in [0, 0.05) is 49.9 Å². The number of hydrogen-bond donors (Lipinski definition) is 1. The number of carbonyl (C=O) groups is 1. The van der Waals surface area contributed by atoms with E-state index in [0.29, 0.717) is 0 Å². The van der Waals surface area contributed by atoms with Crippen LogP contribution in [-0.4, -0.2) is 62.8 Å². The molecule has 0 amide bonds. The summed E-state index contributed by atoms with van der Waals surface area (Å²) in [7, 11) is 0. The van der Waals surface area contributed by atoms with Crippen molar-refractivity contribution in [2.45, 2.75) is 31.8 Å². The zero-order chi connectivity index (χ0) is 18.0. The summed E-state index contributed by atoms with van der Waals surface area (Å²) in [5.74, 6) is 0.0507. The molecule has 1 spiro atoms. The van der Waals surface area contributed by atoms with Crippen molar-refractivity contribution in [3.05, 3.63) is 29.3 Å². The van der Waals surface area contributed by atoms with E-state index in [1.165, 1.54) is 5.69 Å². The highest BCUT2D eigenvalue weighted by atomic mass is 35.5. The number of piperidine rings is 1. The standard InChI is InChI=1S/C20H28ClN3O2/c21-16-2-1-3-17(14-16)24-12-10-23(11-13-24)9-4-18-15-20(19(25)26-18)5-7-22-8-6-20/h1-3,14,18,22H,4-13,15H2/t18-/m0/s1. The molecule has 3 saturated heterocycles. The Labute approximate surface area is 160 Å². The average molecular weight is 378 g/mol. The third-order valence-corrected chi connectivity index (χ3v) is 6.43. The molecule has 3 aliphatic heterocycles. The van der Waals surface area contributed by atoms with Crippen molar-refractivity contribution in [3.63, 3.8) is 0 Å². The molecule has 3 heterocycles. The molecule has 1 aromatic rings. The summed E-state index contributed by atoms with van der Waals surface area (Å²) in [6, 6.07) is 8.08. The number of rotatable bonds is 4. The molecule has 0 radical (unpaired) electrons. The first kappa shape index (κ1) is 18.1. The van der Waals surface area contributed by atoms with Crippen LogP contribution in [0, 0.1) is 5.41 Å². The first-order valence-corrected chi connectivity index (χ1v) is 10.2. The van der Waals surface area contributed by atoms with Gasteiger partial charge in [-0.25, -0.2) is 0 Å². The van der Waals surface area contributed by atoms with Gasteiger partial charge < -0.3 is 15.0 Å². The number of halogens is 1. The molecule has 1 aromatic carbocycles. The minimum absolute atomic E-state index is 0.0507. The first-order chi connectivity index (χ1) is 12.6. The normalized spacial score (nSPS) is 26.3. The predicted molar refractivity (Wildman–Crippen MR) is 104 cm³/mol. The SMILES string of the molecule is O=C1O[C@@H](CCN2CCN(c3cccc(Cl)c3)CC2)CC12CCNCC2. The van der Waals surface area contributed by atoms with Gasteiger partial charge in [0.05, 0.1) is 5.41 Å². The number of benzene rings is 1. The monoisotopic (exact) mass is 377 g/mol. The lowest BCUT2D eigenvalue weighted by Gasteiger charge is -2.36. The van der Waals surface area contributed by atoms with Crippen LogP contribution >= 0.6 is 11.6 Å². The van der Waals surface area contributed by atoms with Gasteiger partial charge in [0.1, 0.15) is 6.10 Å². The number of nitrogens with one attached hydrogen (secondary N) is 1. The van der Waals surface area contributed by atoms with Gasteiger partial charge in [-0.15, -0.1) is 0 Å². The lowest BCUT2D eigenvalue weighted by Crippen LogP contribution is -2.47. The maximum Gasteiger partial charge on any atom is 0.312 e. The van der Waals surface area contributed by atoms with Crippen molar-refractivity contribution >= 4 is 23.3 Å². The van der Waals surface area contributed by atoms with Gasteiger partial charge in [0.25, 0.3) is 0 Å².